The molecule has 1 N–H and O–H groups in total. The van der Waals surface area contributed by atoms with E-state index in [0.717, 1.165) is 0 Å². The second kappa shape index (κ2) is 6.12. The first-order valence-electron chi connectivity index (χ1n) is 4.82. The number of ether oxygens (including phenoxy) is 2. The SMILES string of the molecule is C=CC(=C)OCCOC(C)(C)C(=C)C(=O)O. The molecule has 0 heterocycles. The van der Waals surface area contributed by atoms with Crippen molar-refractivity contribution in [2.24, 2.45) is 0 Å². The molecule has 0 radical (unpaired) electrons. The summed E-state index contributed by atoms with van der Waals surface area (Å²) in [5, 5.41) is 8.76. The number of hydrogen-bond donors (Lipinski definition) is 1. The Morgan fingerprint density at radius 1 is 1.38 bits per heavy atom. The lowest BCUT2D eigenvalue weighted by Gasteiger charge is -2.25. The smallest absolute Gasteiger partial charge is 0.333 e. The van der Waals surface area contributed by atoms with Crippen molar-refractivity contribution in [3.8, 4) is 0 Å². The molecular weight excluding hydrogens is 208 g/mol. The van der Waals surface area contributed by atoms with E-state index in [1.54, 1.807) is 13.8 Å². The molecular formula is C12H18O4. The van der Waals surface area contributed by atoms with Crippen LogP contribution in [0.3, 0.4) is 0 Å². The van der Waals surface area contributed by atoms with Crippen LogP contribution >= 0.6 is 0 Å². The van der Waals surface area contributed by atoms with Crippen LogP contribution in [0, 0.1) is 0 Å². The third kappa shape index (κ3) is 4.79. The van der Waals surface area contributed by atoms with E-state index >= 15 is 0 Å². The average Bonchev–Trinajstić information content (AvgIpc) is 2.22. The van der Waals surface area contributed by atoms with Crippen molar-refractivity contribution in [1.82, 2.24) is 0 Å². The lowest BCUT2D eigenvalue weighted by molar-refractivity contribution is -0.136. The Kier molecular flexibility index (Phi) is 5.53. The van der Waals surface area contributed by atoms with Crippen molar-refractivity contribution in [3.63, 3.8) is 0 Å². The van der Waals surface area contributed by atoms with Crippen molar-refractivity contribution in [2.75, 3.05) is 13.2 Å². The van der Waals surface area contributed by atoms with Crippen LogP contribution in [0.2, 0.25) is 0 Å². The summed E-state index contributed by atoms with van der Waals surface area (Å²) in [6.45, 7) is 14.3. The normalized spacial score (nSPS) is 10.6. The number of hydrogen-bond acceptors (Lipinski definition) is 3. The Morgan fingerprint density at radius 3 is 2.38 bits per heavy atom. The van der Waals surface area contributed by atoms with Crippen LogP contribution in [0.4, 0.5) is 0 Å². The quantitative estimate of drug-likeness (QED) is 0.298. The molecule has 4 heteroatoms. The Morgan fingerprint density at radius 2 is 1.94 bits per heavy atom. The Labute approximate surface area is 95.9 Å². The number of aliphatic carboxylic acids is 1. The lowest BCUT2D eigenvalue weighted by atomic mass is 10.00. The maximum atomic E-state index is 10.7. The molecule has 16 heavy (non-hydrogen) atoms. The maximum Gasteiger partial charge on any atom is 0.333 e. The largest absolute Gasteiger partial charge is 0.492 e. The van der Waals surface area contributed by atoms with Gasteiger partial charge in [-0.25, -0.2) is 4.79 Å². The van der Waals surface area contributed by atoms with Crippen LogP contribution in [-0.4, -0.2) is 29.9 Å². The molecule has 0 amide bonds. The minimum Gasteiger partial charge on any atom is -0.492 e. The number of rotatable bonds is 8. The predicted molar refractivity (Wildman–Crippen MR) is 62.1 cm³/mol. The van der Waals surface area contributed by atoms with E-state index in [9.17, 15) is 4.79 Å². The Balaban J connectivity index is 4.00. The van der Waals surface area contributed by atoms with Gasteiger partial charge in [0.05, 0.1) is 17.8 Å². The molecule has 0 fully saturated rings. The second-order valence-corrected chi connectivity index (χ2v) is 3.66. The van der Waals surface area contributed by atoms with Crippen LogP contribution in [0.25, 0.3) is 0 Å². The zero-order valence-electron chi connectivity index (χ0n) is 9.78. The topological polar surface area (TPSA) is 55.8 Å². The molecule has 0 bridgehead atoms. The summed E-state index contributed by atoms with van der Waals surface area (Å²) >= 11 is 0. The summed E-state index contributed by atoms with van der Waals surface area (Å²) < 4.78 is 10.5. The van der Waals surface area contributed by atoms with E-state index in [4.69, 9.17) is 14.6 Å². The fraction of sp³-hybridized carbons (Fsp3) is 0.417. The van der Waals surface area contributed by atoms with Gasteiger partial charge < -0.3 is 14.6 Å². The third-order valence-electron chi connectivity index (χ3n) is 2.05. The number of carbonyl (C=O) groups is 1. The zero-order valence-corrected chi connectivity index (χ0v) is 9.78. The highest BCUT2D eigenvalue weighted by Gasteiger charge is 2.27. The van der Waals surface area contributed by atoms with E-state index in [2.05, 4.69) is 19.7 Å². The predicted octanol–water partition coefficient (Wildman–Crippen LogP) is 2.14. The fourth-order valence-electron chi connectivity index (χ4n) is 0.873. The molecule has 0 aliphatic heterocycles. The highest BCUT2D eigenvalue weighted by atomic mass is 16.5. The molecule has 0 aliphatic rings. The monoisotopic (exact) mass is 226 g/mol. The first-order chi connectivity index (χ1) is 7.31. The van der Waals surface area contributed by atoms with E-state index < -0.39 is 11.6 Å². The maximum absolute atomic E-state index is 10.7. The van der Waals surface area contributed by atoms with E-state index in [1.165, 1.54) is 6.08 Å². The molecule has 0 aromatic heterocycles. The molecule has 0 spiro atoms. The average molecular weight is 226 g/mol. The van der Waals surface area contributed by atoms with E-state index in [1.807, 2.05) is 0 Å². The van der Waals surface area contributed by atoms with Gasteiger partial charge in [0.15, 0.2) is 0 Å². The van der Waals surface area contributed by atoms with Gasteiger partial charge in [0.25, 0.3) is 0 Å². The van der Waals surface area contributed by atoms with Gasteiger partial charge >= 0.3 is 5.97 Å². The lowest BCUT2D eigenvalue weighted by Crippen LogP contribution is -2.32. The minimum atomic E-state index is -1.07. The summed E-state index contributed by atoms with van der Waals surface area (Å²) in [5.74, 6) is -0.611. The Hall–Kier alpha value is -1.55. The number of allylic oxidation sites excluding steroid dienone is 1. The van der Waals surface area contributed by atoms with Crippen molar-refractivity contribution in [2.45, 2.75) is 19.4 Å². The van der Waals surface area contributed by atoms with Crippen LogP contribution in [0.5, 0.6) is 0 Å². The summed E-state index contributed by atoms with van der Waals surface area (Å²) in [4.78, 5) is 10.7. The molecule has 0 aromatic rings. The van der Waals surface area contributed by atoms with Crippen LogP contribution in [-0.2, 0) is 14.3 Å². The second-order valence-electron chi connectivity index (χ2n) is 3.66. The first-order valence-corrected chi connectivity index (χ1v) is 4.82. The summed E-state index contributed by atoms with van der Waals surface area (Å²) in [5.41, 5.74) is -0.903. The zero-order chi connectivity index (χ0) is 12.8. The van der Waals surface area contributed by atoms with Gasteiger partial charge in [0.1, 0.15) is 12.4 Å². The van der Waals surface area contributed by atoms with Gasteiger partial charge in [-0.3, -0.25) is 0 Å². The molecule has 0 atom stereocenters. The van der Waals surface area contributed by atoms with Crippen LogP contribution in [0.15, 0.2) is 37.1 Å². The van der Waals surface area contributed by atoms with E-state index in [-0.39, 0.29) is 12.2 Å². The van der Waals surface area contributed by atoms with Crippen molar-refractivity contribution < 1.29 is 19.4 Å². The van der Waals surface area contributed by atoms with Crippen LogP contribution in [0.1, 0.15) is 13.8 Å². The van der Waals surface area contributed by atoms with Gasteiger partial charge in [-0.15, -0.1) is 0 Å². The van der Waals surface area contributed by atoms with E-state index in [0.29, 0.717) is 12.4 Å². The van der Waals surface area contributed by atoms with Crippen molar-refractivity contribution >= 4 is 5.97 Å². The van der Waals surface area contributed by atoms with Crippen LogP contribution < -0.4 is 0 Å². The number of carboxylic acids is 1. The van der Waals surface area contributed by atoms with Gasteiger partial charge in [-0.2, -0.15) is 0 Å². The standard InChI is InChI=1S/C12H18O4/c1-6-9(2)15-7-8-16-12(4,5)10(3)11(13)14/h6H,1-3,7-8H2,4-5H3,(H,13,14). The number of carboxylic acid groups (broad SMARTS) is 1. The molecule has 0 aliphatic carbocycles. The Bertz CT molecular complexity index is 302. The molecule has 0 rings (SSSR count). The molecule has 90 valence electrons. The van der Waals surface area contributed by atoms with Crippen molar-refractivity contribution in [3.05, 3.63) is 37.1 Å². The first kappa shape index (κ1) is 14.5. The summed E-state index contributed by atoms with van der Waals surface area (Å²) in [7, 11) is 0. The third-order valence-corrected chi connectivity index (χ3v) is 2.05. The molecule has 0 unspecified atom stereocenters. The molecule has 0 saturated carbocycles. The minimum absolute atomic E-state index is 0.00930. The van der Waals surface area contributed by atoms with Gasteiger partial charge in [-0.05, 0) is 19.9 Å². The molecule has 4 nitrogen and oxygen atoms in total. The fourth-order valence-corrected chi connectivity index (χ4v) is 0.873. The van der Waals surface area contributed by atoms with Gasteiger partial charge in [-0.1, -0.05) is 19.7 Å². The van der Waals surface area contributed by atoms with Crippen molar-refractivity contribution in [1.29, 1.82) is 0 Å². The highest BCUT2D eigenvalue weighted by molar-refractivity contribution is 5.87. The van der Waals surface area contributed by atoms with Gasteiger partial charge in [0.2, 0.25) is 0 Å². The highest BCUT2D eigenvalue weighted by Crippen LogP contribution is 2.19. The molecule has 0 saturated heterocycles. The van der Waals surface area contributed by atoms with Gasteiger partial charge in [0, 0.05) is 0 Å². The summed E-state index contributed by atoms with van der Waals surface area (Å²) in [6.07, 6.45) is 1.49. The summed E-state index contributed by atoms with van der Waals surface area (Å²) in [6, 6.07) is 0. The molecule has 0 aromatic carbocycles.